The van der Waals surface area contributed by atoms with Crippen LogP contribution in [-0.4, -0.2) is 83.3 Å². The third-order valence-electron chi connectivity index (χ3n) is 5.89. The van der Waals surface area contributed by atoms with E-state index in [0.29, 0.717) is 39.5 Å². The van der Waals surface area contributed by atoms with Gasteiger partial charge in [-0.3, -0.25) is 0 Å². The zero-order chi connectivity index (χ0) is 25.3. The Balaban J connectivity index is 1.17. The molecule has 2 aliphatic heterocycles. The molecule has 2 aliphatic rings. The van der Waals surface area contributed by atoms with Crippen LogP contribution >= 0.6 is 46.0 Å². The fourth-order valence-corrected chi connectivity index (χ4v) is 6.49. The molecule has 2 saturated heterocycles. The van der Waals surface area contributed by atoms with Gasteiger partial charge in [-0.05, 0) is 59.7 Å². The summed E-state index contributed by atoms with van der Waals surface area (Å²) >= 11 is 11.4. The fraction of sp³-hybridized carbons (Fsp3) is 0.462. The SMILES string of the molecule is Cc1ccc(OCC2CN(C(=S)SSC(=S)N3CCOC(COc4ccc(C)cc4)C3)CCO2)cc1. The summed E-state index contributed by atoms with van der Waals surface area (Å²) in [7, 11) is 3.08. The molecule has 0 aromatic heterocycles. The predicted octanol–water partition coefficient (Wildman–Crippen LogP) is 5.11. The Labute approximate surface area is 232 Å². The third-order valence-corrected chi connectivity index (χ3v) is 9.62. The summed E-state index contributed by atoms with van der Waals surface area (Å²) in [5, 5.41) is 0. The standard InChI is InChI=1S/C26H32N2O4S4/c1-19-3-7-21(8-4-19)31-17-23-15-27(11-13-29-23)25(33)35-36-26(34)28-12-14-30-24(16-28)18-32-22-9-5-20(2)6-10-22/h3-10,23-24H,11-18H2,1-2H3. The van der Waals surface area contributed by atoms with Gasteiger partial charge in [-0.1, -0.05) is 59.8 Å². The molecule has 36 heavy (non-hydrogen) atoms. The zero-order valence-electron chi connectivity index (χ0n) is 20.6. The molecule has 0 saturated carbocycles. The van der Waals surface area contributed by atoms with Gasteiger partial charge in [0.2, 0.25) is 0 Å². The topological polar surface area (TPSA) is 43.4 Å². The molecule has 0 aliphatic carbocycles. The van der Waals surface area contributed by atoms with Gasteiger partial charge in [0.05, 0.1) is 13.2 Å². The summed E-state index contributed by atoms with van der Waals surface area (Å²) in [5.74, 6) is 1.71. The van der Waals surface area contributed by atoms with E-state index < -0.39 is 0 Å². The smallest absolute Gasteiger partial charge is 0.147 e. The van der Waals surface area contributed by atoms with Crippen molar-refractivity contribution in [3.63, 3.8) is 0 Å². The van der Waals surface area contributed by atoms with Crippen LogP contribution < -0.4 is 9.47 Å². The molecule has 0 bridgehead atoms. The van der Waals surface area contributed by atoms with Gasteiger partial charge < -0.3 is 28.7 Å². The van der Waals surface area contributed by atoms with Crippen molar-refractivity contribution >= 4 is 54.7 Å². The summed E-state index contributed by atoms with van der Waals surface area (Å²) in [6.07, 6.45) is -0.0480. The maximum Gasteiger partial charge on any atom is 0.147 e. The highest BCUT2D eigenvalue weighted by molar-refractivity contribution is 8.89. The van der Waals surface area contributed by atoms with E-state index in [1.54, 1.807) is 0 Å². The third kappa shape index (κ3) is 8.49. The minimum Gasteiger partial charge on any atom is -0.491 e. The van der Waals surface area contributed by atoms with Gasteiger partial charge in [0.25, 0.3) is 0 Å². The minimum atomic E-state index is -0.0240. The first-order chi connectivity index (χ1) is 17.5. The first kappa shape index (κ1) is 27.5. The molecule has 2 fully saturated rings. The van der Waals surface area contributed by atoms with E-state index in [1.807, 2.05) is 48.5 Å². The molecule has 194 valence electrons. The lowest BCUT2D eigenvalue weighted by atomic mass is 10.2. The Morgan fingerprint density at radius 1 is 0.750 bits per heavy atom. The molecule has 2 unspecified atom stereocenters. The minimum absolute atomic E-state index is 0.0240. The molecule has 2 aromatic rings. The highest BCUT2D eigenvalue weighted by Crippen LogP contribution is 2.30. The van der Waals surface area contributed by atoms with Crippen molar-refractivity contribution in [2.45, 2.75) is 26.1 Å². The van der Waals surface area contributed by atoms with E-state index in [2.05, 4.69) is 23.6 Å². The number of rotatable bonds is 6. The van der Waals surface area contributed by atoms with E-state index in [-0.39, 0.29) is 12.2 Å². The van der Waals surface area contributed by atoms with Crippen molar-refractivity contribution in [2.24, 2.45) is 0 Å². The number of morpholine rings is 2. The van der Waals surface area contributed by atoms with Crippen molar-refractivity contribution in [1.82, 2.24) is 9.80 Å². The van der Waals surface area contributed by atoms with Crippen LogP contribution in [0.2, 0.25) is 0 Å². The lowest BCUT2D eigenvalue weighted by molar-refractivity contribution is -0.0273. The number of hydrogen-bond acceptors (Lipinski definition) is 8. The second-order valence-corrected chi connectivity index (χ2v) is 12.2. The maximum atomic E-state index is 5.91. The number of ether oxygens (including phenoxy) is 4. The zero-order valence-corrected chi connectivity index (χ0v) is 23.9. The van der Waals surface area contributed by atoms with Crippen molar-refractivity contribution in [1.29, 1.82) is 0 Å². The van der Waals surface area contributed by atoms with E-state index in [9.17, 15) is 0 Å². The molecule has 0 radical (unpaired) electrons. The largest absolute Gasteiger partial charge is 0.491 e. The number of aryl methyl sites for hydroxylation is 2. The lowest BCUT2D eigenvalue weighted by Crippen LogP contribution is -2.47. The molecule has 6 nitrogen and oxygen atoms in total. The Morgan fingerprint density at radius 3 is 1.53 bits per heavy atom. The summed E-state index contributed by atoms with van der Waals surface area (Å²) < 4.78 is 25.3. The molecular weight excluding hydrogens is 533 g/mol. The van der Waals surface area contributed by atoms with Crippen LogP contribution in [0.5, 0.6) is 11.5 Å². The predicted molar refractivity (Wildman–Crippen MR) is 156 cm³/mol. The summed E-state index contributed by atoms with van der Waals surface area (Å²) in [4.78, 5) is 4.36. The molecule has 2 aromatic carbocycles. The molecule has 2 atom stereocenters. The van der Waals surface area contributed by atoms with Crippen LogP contribution in [0, 0.1) is 13.8 Å². The summed E-state index contributed by atoms with van der Waals surface area (Å²) in [6.45, 7) is 9.35. The average molecular weight is 565 g/mol. The molecular formula is C26H32N2O4S4. The van der Waals surface area contributed by atoms with Gasteiger partial charge in [0, 0.05) is 26.2 Å². The van der Waals surface area contributed by atoms with Crippen molar-refractivity contribution in [2.75, 3.05) is 52.6 Å². The van der Waals surface area contributed by atoms with Crippen LogP contribution in [0.4, 0.5) is 0 Å². The first-order valence-electron chi connectivity index (χ1n) is 12.0. The highest BCUT2D eigenvalue weighted by atomic mass is 33.1. The van der Waals surface area contributed by atoms with Crippen LogP contribution in [0.25, 0.3) is 0 Å². The van der Waals surface area contributed by atoms with Crippen LogP contribution in [0.1, 0.15) is 11.1 Å². The Hall–Kier alpha value is -1.56. The average Bonchev–Trinajstić information content (AvgIpc) is 2.91. The van der Waals surface area contributed by atoms with E-state index in [0.717, 1.165) is 33.2 Å². The van der Waals surface area contributed by atoms with E-state index in [4.69, 9.17) is 43.4 Å². The van der Waals surface area contributed by atoms with Crippen molar-refractivity contribution in [3.8, 4) is 11.5 Å². The van der Waals surface area contributed by atoms with Crippen LogP contribution in [0.15, 0.2) is 48.5 Å². The van der Waals surface area contributed by atoms with Crippen LogP contribution in [0.3, 0.4) is 0 Å². The normalized spacial score (nSPS) is 20.2. The first-order valence-corrected chi connectivity index (χ1v) is 15.0. The van der Waals surface area contributed by atoms with E-state index in [1.165, 1.54) is 32.7 Å². The van der Waals surface area contributed by atoms with Gasteiger partial charge in [0.1, 0.15) is 45.6 Å². The number of thiocarbonyl (C=S) groups is 2. The maximum absolute atomic E-state index is 5.91. The van der Waals surface area contributed by atoms with Gasteiger partial charge in [-0.2, -0.15) is 0 Å². The summed E-state index contributed by atoms with van der Waals surface area (Å²) in [5.41, 5.74) is 2.42. The second kappa shape index (κ2) is 13.8. The molecule has 4 rings (SSSR count). The molecule has 0 spiro atoms. The van der Waals surface area contributed by atoms with E-state index >= 15 is 0 Å². The monoisotopic (exact) mass is 564 g/mol. The van der Waals surface area contributed by atoms with Crippen molar-refractivity contribution in [3.05, 3.63) is 59.7 Å². The molecule has 2 heterocycles. The van der Waals surface area contributed by atoms with Gasteiger partial charge >= 0.3 is 0 Å². The summed E-state index contributed by atoms with van der Waals surface area (Å²) in [6, 6.07) is 16.1. The van der Waals surface area contributed by atoms with Gasteiger partial charge in [0.15, 0.2) is 0 Å². The quantitative estimate of drug-likeness (QED) is 0.349. The molecule has 0 N–H and O–H groups in total. The van der Waals surface area contributed by atoms with Gasteiger partial charge in [-0.25, -0.2) is 0 Å². The Kier molecular flexibility index (Phi) is 10.6. The van der Waals surface area contributed by atoms with Gasteiger partial charge in [-0.15, -0.1) is 0 Å². The highest BCUT2D eigenvalue weighted by Gasteiger charge is 2.26. The van der Waals surface area contributed by atoms with Crippen molar-refractivity contribution < 1.29 is 18.9 Å². The second-order valence-electron chi connectivity index (χ2n) is 8.82. The number of nitrogens with zero attached hydrogens (tertiary/aromatic N) is 2. The fourth-order valence-electron chi connectivity index (χ4n) is 3.80. The number of hydrogen-bond donors (Lipinski definition) is 0. The Morgan fingerprint density at radius 2 is 1.14 bits per heavy atom. The lowest BCUT2D eigenvalue weighted by Gasteiger charge is -2.35. The van der Waals surface area contributed by atoms with Crippen LogP contribution in [-0.2, 0) is 9.47 Å². The Bertz CT molecular complexity index is 925. The number of benzene rings is 2. The molecule has 0 amide bonds. The molecule has 10 heteroatoms.